The maximum absolute atomic E-state index is 13.7. The largest absolute Gasteiger partial charge is 0.288 e. The highest BCUT2D eigenvalue weighted by molar-refractivity contribution is 6.28. The summed E-state index contributed by atoms with van der Waals surface area (Å²) in [6.07, 6.45) is 0. The van der Waals surface area contributed by atoms with Crippen LogP contribution in [0.4, 0.5) is 17.6 Å². The molecule has 6 heteroatoms. The zero-order chi connectivity index (χ0) is 14.6. The van der Waals surface area contributed by atoms with Crippen LogP contribution in [0, 0.1) is 23.3 Å². The standard InChI is InChI=1S/C14H4F4O2/c15-9-7-8(10(16)12(18)11(9)17)14(20)6-4-2-1-3-5(6)13(7)19/h1-4H. The van der Waals surface area contributed by atoms with Crippen LogP contribution >= 0.6 is 0 Å². The van der Waals surface area contributed by atoms with E-state index >= 15 is 0 Å². The maximum Gasteiger partial charge on any atom is 0.198 e. The monoisotopic (exact) mass is 280 g/mol. The number of carbonyl (C=O) groups excluding carboxylic acids is 2. The molecule has 0 spiro atoms. The number of fused-ring (bicyclic) bond motifs is 2. The molecule has 3 rings (SSSR count). The smallest absolute Gasteiger partial charge is 0.198 e. The highest BCUT2D eigenvalue weighted by atomic mass is 19.2. The molecule has 1 aliphatic carbocycles. The minimum absolute atomic E-state index is 0.172. The summed E-state index contributed by atoms with van der Waals surface area (Å²) >= 11 is 0. The van der Waals surface area contributed by atoms with E-state index in [1.165, 1.54) is 24.3 Å². The van der Waals surface area contributed by atoms with Crippen molar-refractivity contribution in [2.75, 3.05) is 0 Å². The zero-order valence-corrected chi connectivity index (χ0v) is 9.64. The molecule has 0 atom stereocenters. The van der Waals surface area contributed by atoms with E-state index in [1.807, 2.05) is 0 Å². The van der Waals surface area contributed by atoms with E-state index in [1.54, 1.807) is 0 Å². The highest BCUT2D eigenvalue weighted by Crippen LogP contribution is 2.33. The fourth-order valence-electron chi connectivity index (χ4n) is 2.21. The van der Waals surface area contributed by atoms with Crippen molar-refractivity contribution in [1.29, 1.82) is 0 Å². The van der Waals surface area contributed by atoms with E-state index in [2.05, 4.69) is 0 Å². The van der Waals surface area contributed by atoms with Gasteiger partial charge < -0.3 is 0 Å². The Hall–Kier alpha value is -2.50. The van der Waals surface area contributed by atoms with Crippen LogP contribution in [-0.4, -0.2) is 11.6 Å². The fourth-order valence-corrected chi connectivity index (χ4v) is 2.21. The van der Waals surface area contributed by atoms with Crippen molar-refractivity contribution in [3.8, 4) is 0 Å². The van der Waals surface area contributed by atoms with Crippen molar-refractivity contribution in [1.82, 2.24) is 0 Å². The van der Waals surface area contributed by atoms with Gasteiger partial charge in [0.05, 0.1) is 11.1 Å². The third kappa shape index (κ3) is 1.39. The Morgan fingerprint density at radius 2 is 0.950 bits per heavy atom. The molecule has 0 radical (unpaired) electrons. The van der Waals surface area contributed by atoms with Gasteiger partial charge in [-0.3, -0.25) is 9.59 Å². The lowest BCUT2D eigenvalue weighted by atomic mass is 9.83. The fraction of sp³-hybridized carbons (Fsp3) is 0. The lowest BCUT2D eigenvalue weighted by Crippen LogP contribution is -2.25. The Labute approximate surface area is 109 Å². The first-order chi connectivity index (χ1) is 9.45. The summed E-state index contributed by atoms with van der Waals surface area (Å²) in [7, 11) is 0. The van der Waals surface area contributed by atoms with Gasteiger partial charge in [0, 0.05) is 11.1 Å². The molecule has 0 saturated carbocycles. The average Bonchev–Trinajstić information content (AvgIpc) is 2.46. The molecule has 2 nitrogen and oxygen atoms in total. The van der Waals surface area contributed by atoms with Crippen LogP contribution < -0.4 is 0 Å². The van der Waals surface area contributed by atoms with Crippen LogP contribution in [0.2, 0.25) is 0 Å². The second-order valence-corrected chi connectivity index (χ2v) is 4.21. The lowest BCUT2D eigenvalue weighted by Gasteiger charge is -2.18. The number of rotatable bonds is 0. The van der Waals surface area contributed by atoms with Crippen molar-refractivity contribution in [2.24, 2.45) is 0 Å². The minimum atomic E-state index is -2.11. The van der Waals surface area contributed by atoms with Gasteiger partial charge in [-0.1, -0.05) is 24.3 Å². The third-order valence-corrected chi connectivity index (χ3v) is 3.14. The lowest BCUT2D eigenvalue weighted by molar-refractivity contribution is 0.0969. The van der Waals surface area contributed by atoms with Crippen molar-refractivity contribution in [3.05, 3.63) is 69.8 Å². The number of carbonyl (C=O) groups is 2. The normalized spacial score (nSPS) is 13.2. The van der Waals surface area contributed by atoms with Gasteiger partial charge in [-0.2, -0.15) is 0 Å². The Morgan fingerprint density at radius 1 is 0.600 bits per heavy atom. The second kappa shape index (κ2) is 4.00. The van der Waals surface area contributed by atoms with Crippen molar-refractivity contribution in [3.63, 3.8) is 0 Å². The van der Waals surface area contributed by atoms with E-state index in [9.17, 15) is 27.2 Å². The van der Waals surface area contributed by atoms with Crippen LogP contribution in [0.5, 0.6) is 0 Å². The summed E-state index contributed by atoms with van der Waals surface area (Å²) in [6.45, 7) is 0. The summed E-state index contributed by atoms with van der Waals surface area (Å²) < 4.78 is 53.8. The zero-order valence-electron chi connectivity index (χ0n) is 9.64. The first-order valence-electron chi connectivity index (χ1n) is 5.49. The molecule has 0 aromatic heterocycles. The van der Waals surface area contributed by atoms with Gasteiger partial charge in [0.25, 0.3) is 0 Å². The predicted molar refractivity (Wildman–Crippen MR) is 59.6 cm³/mol. The van der Waals surface area contributed by atoms with Crippen LogP contribution in [0.1, 0.15) is 31.8 Å². The molecule has 100 valence electrons. The Morgan fingerprint density at radius 3 is 1.30 bits per heavy atom. The van der Waals surface area contributed by atoms with Gasteiger partial charge in [0.1, 0.15) is 0 Å². The Balaban J connectivity index is 2.46. The van der Waals surface area contributed by atoms with Gasteiger partial charge in [-0.15, -0.1) is 0 Å². The Bertz CT molecular complexity index is 730. The summed E-state index contributed by atoms with van der Waals surface area (Å²) in [5.74, 6) is -10.0. The van der Waals surface area contributed by atoms with Gasteiger partial charge in [-0.25, -0.2) is 17.6 Å². The topological polar surface area (TPSA) is 34.1 Å². The molecule has 2 aromatic carbocycles. The second-order valence-electron chi connectivity index (χ2n) is 4.21. The molecule has 0 aliphatic heterocycles. The number of ketones is 2. The van der Waals surface area contributed by atoms with Crippen molar-refractivity contribution >= 4 is 11.6 Å². The van der Waals surface area contributed by atoms with Crippen LogP contribution in [0.3, 0.4) is 0 Å². The van der Waals surface area contributed by atoms with E-state index < -0.39 is 46.0 Å². The third-order valence-electron chi connectivity index (χ3n) is 3.14. The van der Waals surface area contributed by atoms with Gasteiger partial charge in [-0.05, 0) is 0 Å². The number of halogens is 4. The first-order valence-corrected chi connectivity index (χ1v) is 5.49. The summed E-state index contributed by atoms with van der Waals surface area (Å²) in [4.78, 5) is 24.1. The number of hydrogen-bond acceptors (Lipinski definition) is 2. The molecule has 0 fully saturated rings. The van der Waals surface area contributed by atoms with E-state index in [-0.39, 0.29) is 11.1 Å². The SMILES string of the molecule is O=C1c2ccccc2C(=O)c2c(F)c(F)c(F)c(F)c21. The van der Waals surface area contributed by atoms with E-state index in [0.29, 0.717) is 0 Å². The Kier molecular flexibility index (Phi) is 2.50. The van der Waals surface area contributed by atoms with Gasteiger partial charge >= 0.3 is 0 Å². The summed E-state index contributed by atoms with van der Waals surface area (Å²) in [6, 6.07) is 5.31. The van der Waals surface area contributed by atoms with E-state index in [4.69, 9.17) is 0 Å². The molecule has 20 heavy (non-hydrogen) atoms. The van der Waals surface area contributed by atoms with E-state index in [0.717, 1.165) is 0 Å². The molecule has 0 unspecified atom stereocenters. The first kappa shape index (κ1) is 12.5. The molecule has 2 aromatic rings. The molecule has 1 aliphatic rings. The molecular weight excluding hydrogens is 276 g/mol. The summed E-state index contributed by atoms with van der Waals surface area (Å²) in [5.41, 5.74) is -2.47. The van der Waals surface area contributed by atoms with Gasteiger partial charge in [0.15, 0.2) is 34.8 Å². The van der Waals surface area contributed by atoms with Gasteiger partial charge in [0.2, 0.25) is 0 Å². The number of benzene rings is 2. The predicted octanol–water partition coefficient (Wildman–Crippen LogP) is 3.02. The van der Waals surface area contributed by atoms with Crippen molar-refractivity contribution in [2.45, 2.75) is 0 Å². The molecule has 0 amide bonds. The van der Waals surface area contributed by atoms with Crippen LogP contribution in [-0.2, 0) is 0 Å². The molecule has 0 bridgehead atoms. The molecule has 0 saturated heterocycles. The average molecular weight is 280 g/mol. The van der Waals surface area contributed by atoms with Crippen LogP contribution in [0.15, 0.2) is 24.3 Å². The quantitative estimate of drug-likeness (QED) is 0.360. The molecule has 0 heterocycles. The molecular formula is C14H4F4O2. The van der Waals surface area contributed by atoms with Crippen LogP contribution in [0.25, 0.3) is 0 Å². The van der Waals surface area contributed by atoms with Crippen molar-refractivity contribution < 1.29 is 27.2 Å². The number of hydrogen-bond donors (Lipinski definition) is 0. The summed E-state index contributed by atoms with van der Waals surface area (Å²) in [5, 5.41) is 0. The molecule has 0 N–H and O–H groups in total. The highest BCUT2D eigenvalue weighted by Gasteiger charge is 2.38. The minimum Gasteiger partial charge on any atom is -0.288 e. The maximum atomic E-state index is 13.7.